The van der Waals surface area contributed by atoms with Gasteiger partial charge in [0.25, 0.3) is 0 Å². The Morgan fingerprint density at radius 1 is 1.19 bits per heavy atom. The summed E-state index contributed by atoms with van der Waals surface area (Å²) in [6.45, 7) is 2.66. The van der Waals surface area contributed by atoms with Crippen molar-refractivity contribution >= 4 is 23.7 Å². The quantitative estimate of drug-likeness (QED) is 0.463. The molecule has 1 aliphatic carbocycles. The number of esters is 1. The first-order valence-corrected chi connectivity index (χ1v) is 10.2. The number of hydrogen-bond donors (Lipinski definition) is 1. The summed E-state index contributed by atoms with van der Waals surface area (Å²) >= 11 is 5.96. The molecule has 0 aromatic heterocycles. The van der Waals surface area contributed by atoms with Gasteiger partial charge >= 0.3 is 12.1 Å². The number of alkyl halides is 1. The zero-order chi connectivity index (χ0) is 19.5. The molecule has 1 fully saturated rings. The van der Waals surface area contributed by atoms with E-state index in [0.717, 1.165) is 44.1 Å². The van der Waals surface area contributed by atoms with Crippen molar-refractivity contribution in [1.82, 2.24) is 5.32 Å². The van der Waals surface area contributed by atoms with Gasteiger partial charge in [-0.1, -0.05) is 74.5 Å². The lowest BCUT2D eigenvalue weighted by atomic mass is 9.71. The second kappa shape index (κ2) is 11.2. The van der Waals surface area contributed by atoms with Crippen LogP contribution >= 0.6 is 11.6 Å². The minimum atomic E-state index is -0.617. The highest BCUT2D eigenvalue weighted by molar-refractivity contribution is 6.20. The van der Waals surface area contributed by atoms with Gasteiger partial charge in [0.2, 0.25) is 0 Å². The number of alkyl carbamates (subject to hydrolysis) is 1. The molecule has 0 saturated heterocycles. The molecule has 1 amide bonds. The minimum Gasteiger partial charge on any atom is -0.461 e. The maximum absolute atomic E-state index is 12.4. The Bertz CT molecular complexity index is 587. The number of benzene rings is 1. The predicted molar refractivity (Wildman–Crippen MR) is 105 cm³/mol. The standard InChI is InChI=1S/C21H30ClNO4/c1-2-9-18(22)27-20(25)23-16-21(12-7-4-8-13-21)14-19(24)26-15-17-10-5-3-6-11-17/h3,5-6,10-11,18H,2,4,7-9,12-16H2,1H3,(H,23,25). The zero-order valence-electron chi connectivity index (χ0n) is 16.0. The third-order valence-electron chi connectivity index (χ3n) is 5.03. The van der Waals surface area contributed by atoms with Crippen LogP contribution in [-0.2, 0) is 20.9 Å². The minimum absolute atomic E-state index is 0.225. The van der Waals surface area contributed by atoms with Gasteiger partial charge in [-0.15, -0.1) is 0 Å². The third kappa shape index (κ3) is 7.79. The van der Waals surface area contributed by atoms with Gasteiger partial charge in [0.1, 0.15) is 6.61 Å². The van der Waals surface area contributed by atoms with E-state index in [9.17, 15) is 9.59 Å². The summed E-state index contributed by atoms with van der Waals surface area (Å²) < 4.78 is 10.6. The van der Waals surface area contributed by atoms with Crippen LogP contribution in [0.1, 0.15) is 63.9 Å². The topological polar surface area (TPSA) is 64.6 Å². The van der Waals surface area contributed by atoms with E-state index in [1.54, 1.807) is 0 Å². The Morgan fingerprint density at radius 2 is 1.89 bits per heavy atom. The van der Waals surface area contributed by atoms with Crippen molar-refractivity contribution in [1.29, 1.82) is 0 Å². The molecule has 27 heavy (non-hydrogen) atoms. The Balaban J connectivity index is 1.85. The summed E-state index contributed by atoms with van der Waals surface area (Å²) in [5.41, 5.74) is 0.0832. The van der Waals surface area contributed by atoms with Crippen LogP contribution in [0.3, 0.4) is 0 Å². The van der Waals surface area contributed by atoms with Crippen LogP contribution in [0.5, 0.6) is 0 Å². The predicted octanol–water partition coefficient (Wildman–Crippen LogP) is 5.16. The van der Waals surface area contributed by atoms with Crippen molar-refractivity contribution in [2.45, 2.75) is 70.5 Å². The molecule has 1 atom stereocenters. The maximum Gasteiger partial charge on any atom is 0.408 e. The first-order chi connectivity index (χ1) is 13.0. The van der Waals surface area contributed by atoms with Crippen LogP contribution in [0.25, 0.3) is 0 Å². The van der Waals surface area contributed by atoms with E-state index in [-0.39, 0.29) is 18.0 Å². The molecule has 1 N–H and O–H groups in total. The normalized spacial score (nSPS) is 17.0. The number of carbonyl (C=O) groups is 2. The number of halogens is 1. The second-order valence-electron chi connectivity index (χ2n) is 7.34. The van der Waals surface area contributed by atoms with Crippen molar-refractivity contribution in [3.63, 3.8) is 0 Å². The van der Waals surface area contributed by atoms with E-state index in [4.69, 9.17) is 21.1 Å². The molecule has 150 valence electrons. The largest absolute Gasteiger partial charge is 0.461 e. The number of rotatable bonds is 9. The van der Waals surface area contributed by atoms with Crippen LogP contribution in [0.4, 0.5) is 4.79 Å². The number of hydrogen-bond acceptors (Lipinski definition) is 4. The zero-order valence-corrected chi connectivity index (χ0v) is 16.8. The van der Waals surface area contributed by atoms with E-state index in [1.165, 1.54) is 0 Å². The van der Waals surface area contributed by atoms with Crippen molar-refractivity contribution in [2.24, 2.45) is 5.41 Å². The lowest BCUT2D eigenvalue weighted by Gasteiger charge is -2.36. The van der Waals surface area contributed by atoms with Crippen molar-refractivity contribution in [3.05, 3.63) is 35.9 Å². The Kier molecular flexibility index (Phi) is 8.92. The van der Waals surface area contributed by atoms with Crippen molar-refractivity contribution < 1.29 is 19.1 Å². The lowest BCUT2D eigenvalue weighted by molar-refractivity contribution is -0.148. The maximum atomic E-state index is 12.4. The number of ether oxygens (including phenoxy) is 2. The van der Waals surface area contributed by atoms with E-state index in [0.29, 0.717) is 19.4 Å². The molecule has 1 unspecified atom stereocenters. The van der Waals surface area contributed by atoms with E-state index >= 15 is 0 Å². The van der Waals surface area contributed by atoms with Crippen molar-refractivity contribution in [3.8, 4) is 0 Å². The molecule has 0 spiro atoms. The average Bonchev–Trinajstić information content (AvgIpc) is 2.67. The van der Waals surface area contributed by atoms with Gasteiger partial charge in [0, 0.05) is 6.54 Å². The SMILES string of the molecule is CCCC(Cl)OC(=O)NCC1(CC(=O)OCc2ccccc2)CCCCC1. The van der Waals surface area contributed by atoms with Crippen LogP contribution in [-0.4, -0.2) is 24.2 Å². The molecular formula is C21H30ClNO4. The van der Waals surface area contributed by atoms with E-state index in [2.05, 4.69) is 5.32 Å². The molecule has 0 heterocycles. The molecule has 1 aliphatic rings. The monoisotopic (exact) mass is 395 g/mol. The van der Waals surface area contributed by atoms with Crippen LogP contribution in [0, 0.1) is 5.41 Å². The fraction of sp³-hybridized carbons (Fsp3) is 0.619. The average molecular weight is 396 g/mol. The first-order valence-electron chi connectivity index (χ1n) is 9.81. The Hall–Kier alpha value is -1.75. The molecule has 1 aromatic carbocycles. The van der Waals surface area contributed by atoms with Crippen LogP contribution < -0.4 is 5.32 Å². The summed E-state index contributed by atoms with van der Waals surface area (Å²) in [4.78, 5) is 24.4. The Morgan fingerprint density at radius 3 is 2.56 bits per heavy atom. The van der Waals surface area contributed by atoms with Gasteiger partial charge in [-0.25, -0.2) is 4.79 Å². The third-order valence-corrected chi connectivity index (χ3v) is 5.34. The molecule has 5 nitrogen and oxygen atoms in total. The van der Waals surface area contributed by atoms with Gasteiger partial charge in [0.15, 0.2) is 5.56 Å². The Labute approximate surface area is 166 Å². The molecule has 2 rings (SSSR count). The summed E-state index contributed by atoms with van der Waals surface area (Å²) in [6, 6.07) is 9.63. The molecule has 0 aliphatic heterocycles. The second-order valence-corrected chi connectivity index (χ2v) is 7.83. The highest BCUT2D eigenvalue weighted by Gasteiger charge is 2.35. The molecule has 0 bridgehead atoms. The number of carbonyl (C=O) groups excluding carboxylic acids is 2. The first kappa shape index (κ1) is 21.5. The summed E-state index contributed by atoms with van der Waals surface area (Å²) in [5, 5.41) is 2.81. The fourth-order valence-corrected chi connectivity index (χ4v) is 3.82. The molecular weight excluding hydrogens is 366 g/mol. The van der Waals surface area contributed by atoms with Gasteiger partial charge in [-0.3, -0.25) is 4.79 Å². The smallest absolute Gasteiger partial charge is 0.408 e. The van der Waals surface area contributed by atoms with E-state index < -0.39 is 11.7 Å². The van der Waals surface area contributed by atoms with Crippen LogP contribution in [0.15, 0.2) is 30.3 Å². The molecule has 1 aromatic rings. The summed E-state index contributed by atoms with van der Waals surface area (Å²) in [7, 11) is 0. The fourth-order valence-electron chi connectivity index (χ4n) is 3.52. The van der Waals surface area contributed by atoms with Gasteiger partial charge in [0.05, 0.1) is 6.42 Å². The highest BCUT2D eigenvalue weighted by atomic mass is 35.5. The summed E-state index contributed by atoms with van der Waals surface area (Å²) in [6.07, 6.45) is 6.30. The van der Waals surface area contributed by atoms with Crippen molar-refractivity contribution in [2.75, 3.05) is 6.54 Å². The molecule has 6 heteroatoms. The van der Waals surface area contributed by atoms with Crippen LogP contribution in [0.2, 0.25) is 0 Å². The number of nitrogens with one attached hydrogen (secondary N) is 1. The summed E-state index contributed by atoms with van der Waals surface area (Å²) in [5.74, 6) is -0.225. The number of amides is 1. The van der Waals surface area contributed by atoms with Gasteiger partial charge in [-0.05, 0) is 30.2 Å². The van der Waals surface area contributed by atoms with E-state index in [1.807, 2.05) is 37.3 Å². The van der Waals surface area contributed by atoms with Gasteiger partial charge in [-0.2, -0.15) is 0 Å². The lowest BCUT2D eigenvalue weighted by Crippen LogP contribution is -2.41. The molecule has 0 radical (unpaired) electrons. The highest BCUT2D eigenvalue weighted by Crippen LogP contribution is 2.39. The molecule has 1 saturated carbocycles. The van der Waals surface area contributed by atoms with Gasteiger partial charge < -0.3 is 14.8 Å².